The van der Waals surface area contributed by atoms with Crippen molar-refractivity contribution in [3.63, 3.8) is 0 Å². The lowest BCUT2D eigenvalue weighted by atomic mass is 10.2. The fraction of sp³-hybridized carbons (Fsp3) is 0.350. The molecule has 0 bridgehead atoms. The second-order valence-corrected chi connectivity index (χ2v) is 8.72. The smallest absolute Gasteiger partial charge is 0.257 e. The molecule has 9 heteroatoms. The molecular formula is C20H24FN3O4S. The summed E-state index contributed by atoms with van der Waals surface area (Å²) in [5.41, 5.74) is 1.08. The fourth-order valence-electron chi connectivity index (χ4n) is 3.04. The van der Waals surface area contributed by atoms with Crippen LogP contribution in [0.5, 0.6) is 5.75 Å². The summed E-state index contributed by atoms with van der Waals surface area (Å²) >= 11 is 0. The number of amides is 1. The van der Waals surface area contributed by atoms with E-state index in [1.807, 2.05) is 30.3 Å². The zero-order valence-corrected chi connectivity index (χ0v) is 16.8. The molecule has 29 heavy (non-hydrogen) atoms. The van der Waals surface area contributed by atoms with Crippen molar-refractivity contribution in [2.75, 3.05) is 50.0 Å². The van der Waals surface area contributed by atoms with Crippen LogP contribution in [0.4, 0.5) is 10.1 Å². The minimum absolute atomic E-state index is 0.00679. The Morgan fingerprint density at radius 2 is 1.66 bits per heavy atom. The number of carbonyl (C=O) groups excluding carboxylic acids is 1. The quantitative estimate of drug-likeness (QED) is 0.699. The summed E-state index contributed by atoms with van der Waals surface area (Å²) in [6.45, 7) is 1.83. The van der Waals surface area contributed by atoms with Gasteiger partial charge in [0, 0.05) is 38.4 Å². The van der Waals surface area contributed by atoms with E-state index >= 15 is 0 Å². The van der Waals surface area contributed by atoms with Crippen molar-refractivity contribution in [2.24, 2.45) is 0 Å². The van der Waals surface area contributed by atoms with Crippen LogP contribution in [0.15, 0.2) is 54.6 Å². The van der Waals surface area contributed by atoms with Crippen molar-refractivity contribution >= 4 is 21.6 Å². The largest absolute Gasteiger partial charge is 0.484 e. The van der Waals surface area contributed by atoms with E-state index in [0.717, 1.165) is 5.69 Å². The summed E-state index contributed by atoms with van der Waals surface area (Å²) in [5.74, 6) is -0.624. The molecule has 1 fully saturated rings. The van der Waals surface area contributed by atoms with Gasteiger partial charge in [-0.1, -0.05) is 18.2 Å². The molecule has 0 radical (unpaired) electrons. The predicted octanol–water partition coefficient (Wildman–Crippen LogP) is 1.47. The zero-order chi connectivity index (χ0) is 20.7. The van der Waals surface area contributed by atoms with E-state index in [1.54, 1.807) is 0 Å². The number of carbonyl (C=O) groups is 1. The van der Waals surface area contributed by atoms with Crippen LogP contribution in [0.3, 0.4) is 0 Å². The number of sulfonamides is 1. The standard InChI is InChI=1S/C20H24FN3O4S/c21-17-6-8-19(9-7-17)28-16-20(25)22-10-15-29(26,27)24-13-11-23(12-14-24)18-4-2-1-3-5-18/h1-9H,10-16H2,(H,22,25). The lowest BCUT2D eigenvalue weighted by Gasteiger charge is -2.35. The van der Waals surface area contributed by atoms with E-state index < -0.39 is 21.7 Å². The Morgan fingerprint density at radius 1 is 1.00 bits per heavy atom. The summed E-state index contributed by atoms with van der Waals surface area (Å²) in [5, 5.41) is 2.54. The molecule has 2 aromatic carbocycles. The number of benzene rings is 2. The molecule has 1 aliphatic heterocycles. The highest BCUT2D eigenvalue weighted by molar-refractivity contribution is 7.89. The molecule has 2 aromatic rings. The van der Waals surface area contributed by atoms with Gasteiger partial charge in [0.25, 0.3) is 5.91 Å². The third-order valence-corrected chi connectivity index (χ3v) is 6.49. The maximum atomic E-state index is 12.8. The van der Waals surface area contributed by atoms with Gasteiger partial charge in [-0.2, -0.15) is 4.31 Å². The van der Waals surface area contributed by atoms with Gasteiger partial charge in [0.1, 0.15) is 11.6 Å². The Bertz CT molecular complexity index is 899. The van der Waals surface area contributed by atoms with Crippen molar-refractivity contribution in [1.82, 2.24) is 9.62 Å². The highest BCUT2D eigenvalue weighted by atomic mass is 32.2. The number of halogens is 1. The van der Waals surface area contributed by atoms with Crippen LogP contribution in [0, 0.1) is 5.82 Å². The Kier molecular flexibility index (Phi) is 7.05. The van der Waals surface area contributed by atoms with E-state index in [9.17, 15) is 17.6 Å². The van der Waals surface area contributed by atoms with Gasteiger partial charge in [-0.25, -0.2) is 12.8 Å². The van der Waals surface area contributed by atoms with Crippen molar-refractivity contribution in [2.45, 2.75) is 0 Å². The molecule has 0 aliphatic carbocycles. The number of ether oxygens (including phenoxy) is 1. The second-order valence-electron chi connectivity index (χ2n) is 6.63. The number of piperazine rings is 1. The molecule has 0 atom stereocenters. The van der Waals surface area contributed by atoms with Crippen LogP contribution in [-0.4, -0.2) is 63.7 Å². The SMILES string of the molecule is O=C(COc1ccc(F)cc1)NCCS(=O)(=O)N1CCN(c2ccccc2)CC1. The lowest BCUT2D eigenvalue weighted by Crippen LogP contribution is -2.50. The number of para-hydroxylation sites is 1. The summed E-state index contributed by atoms with van der Waals surface area (Å²) < 4.78 is 44.5. The molecule has 0 saturated carbocycles. The maximum Gasteiger partial charge on any atom is 0.257 e. The van der Waals surface area contributed by atoms with Crippen LogP contribution < -0.4 is 15.0 Å². The van der Waals surface area contributed by atoms with Gasteiger partial charge in [0.05, 0.1) is 5.75 Å². The average Bonchev–Trinajstić information content (AvgIpc) is 2.74. The Balaban J connectivity index is 1.38. The lowest BCUT2D eigenvalue weighted by molar-refractivity contribution is -0.122. The first kappa shape index (κ1) is 21.1. The molecule has 7 nitrogen and oxygen atoms in total. The summed E-state index contributed by atoms with van der Waals surface area (Å²) in [4.78, 5) is 14.0. The van der Waals surface area contributed by atoms with Gasteiger partial charge >= 0.3 is 0 Å². The van der Waals surface area contributed by atoms with E-state index in [1.165, 1.54) is 28.6 Å². The second kappa shape index (κ2) is 9.71. The molecule has 1 aliphatic rings. The van der Waals surface area contributed by atoms with E-state index in [-0.39, 0.29) is 18.9 Å². The third kappa shape index (κ3) is 6.16. The number of rotatable bonds is 8. The minimum Gasteiger partial charge on any atom is -0.484 e. The van der Waals surface area contributed by atoms with Crippen molar-refractivity contribution in [1.29, 1.82) is 0 Å². The summed E-state index contributed by atoms with van der Waals surface area (Å²) in [6.07, 6.45) is 0. The Hall–Kier alpha value is -2.65. The molecule has 1 N–H and O–H groups in total. The van der Waals surface area contributed by atoms with Gasteiger partial charge in [0.2, 0.25) is 10.0 Å². The highest BCUT2D eigenvalue weighted by Crippen LogP contribution is 2.17. The first-order chi connectivity index (χ1) is 13.9. The van der Waals surface area contributed by atoms with Crippen LogP contribution >= 0.6 is 0 Å². The van der Waals surface area contributed by atoms with Crippen molar-refractivity contribution in [3.8, 4) is 5.75 Å². The molecule has 0 unspecified atom stereocenters. The van der Waals surface area contributed by atoms with Gasteiger partial charge in [0.15, 0.2) is 6.61 Å². The van der Waals surface area contributed by atoms with E-state index in [0.29, 0.717) is 31.9 Å². The van der Waals surface area contributed by atoms with Gasteiger partial charge in [-0.15, -0.1) is 0 Å². The number of nitrogens with one attached hydrogen (secondary N) is 1. The van der Waals surface area contributed by atoms with Crippen molar-refractivity contribution in [3.05, 3.63) is 60.4 Å². The number of anilines is 1. The highest BCUT2D eigenvalue weighted by Gasteiger charge is 2.26. The van der Waals surface area contributed by atoms with Crippen LogP contribution in [0.1, 0.15) is 0 Å². The van der Waals surface area contributed by atoms with E-state index in [4.69, 9.17) is 4.74 Å². The fourth-order valence-corrected chi connectivity index (χ4v) is 4.38. The van der Waals surface area contributed by atoms with Crippen molar-refractivity contribution < 1.29 is 22.3 Å². The monoisotopic (exact) mass is 421 g/mol. The molecule has 1 saturated heterocycles. The maximum absolute atomic E-state index is 12.8. The third-order valence-electron chi connectivity index (χ3n) is 4.62. The normalized spacial score (nSPS) is 15.1. The minimum atomic E-state index is -3.45. The number of nitrogens with zero attached hydrogens (tertiary/aromatic N) is 2. The summed E-state index contributed by atoms with van der Waals surface area (Å²) in [7, 11) is -3.45. The van der Waals surface area contributed by atoms with Gasteiger partial charge < -0.3 is 15.0 Å². The topological polar surface area (TPSA) is 78.9 Å². The molecular weight excluding hydrogens is 397 g/mol. The zero-order valence-electron chi connectivity index (χ0n) is 16.0. The molecule has 1 amide bonds. The van der Waals surface area contributed by atoms with E-state index in [2.05, 4.69) is 10.2 Å². The first-order valence-electron chi connectivity index (χ1n) is 9.37. The first-order valence-corrected chi connectivity index (χ1v) is 11.0. The molecule has 0 spiro atoms. The average molecular weight is 421 g/mol. The molecule has 1 heterocycles. The molecule has 0 aromatic heterocycles. The summed E-state index contributed by atoms with van der Waals surface area (Å²) in [6, 6.07) is 15.2. The molecule has 3 rings (SSSR count). The molecule has 156 valence electrons. The number of hydrogen-bond donors (Lipinski definition) is 1. The Morgan fingerprint density at radius 3 is 2.31 bits per heavy atom. The predicted molar refractivity (Wildman–Crippen MR) is 109 cm³/mol. The Labute approximate surface area is 170 Å². The van der Waals surface area contributed by atoms with Gasteiger partial charge in [-0.05, 0) is 36.4 Å². The van der Waals surface area contributed by atoms with Crippen LogP contribution in [0.25, 0.3) is 0 Å². The van der Waals surface area contributed by atoms with Crippen LogP contribution in [-0.2, 0) is 14.8 Å². The number of hydrogen-bond acceptors (Lipinski definition) is 5. The van der Waals surface area contributed by atoms with Crippen LogP contribution in [0.2, 0.25) is 0 Å². The van der Waals surface area contributed by atoms with Gasteiger partial charge in [-0.3, -0.25) is 4.79 Å².